The van der Waals surface area contributed by atoms with Crippen LogP contribution in [0.4, 0.5) is 0 Å². The minimum Gasteiger partial charge on any atom is -0.306 e. The van der Waals surface area contributed by atoms with E-state index in [9.17, 15) is 9.59 Å². The van der Waals surface area contributed by atoms with Crippen molar-refractivity contribution >= 4 is 35.0 Å². The van der Waals surface area contributed by atoms with Crippen LogP contribution in [0.15, 0.2) is 66.7 Å². The van der Waals surface area contributed by atoms with E-state index < -0.39 is 5.66 Å². The Bertz CT molecular complexity index is 1150. The number of hydrogen-bond acceptors (Lipinski definition) is 3. The van der Waals surface area contributed by atoms with E-state index in [4.69, 9.17) is 23.2 Å². The first-order valence-electron chi connectivity index (χ1n) is 9.15. The maximum atomic E-state index is 13.5. The van der Waals surface area contributed by atoms with E-state index in [2.05, 4.69) is 4.98 Å². The van der Waals surface area contributed by atoms with Gasteiger partial charge in [0.25, 0.3) is 11.8 Å². The second-order valence-electron chi connectivity index (χ2n) is 6.98. The summed E-state index contributed by atoms with van der Waals surface area (Å²) in [6.45, 7) is 0.804. The van der Waals surface area contributed by atoms with Gasteiger partial charge in [-0.1, -0.05) is 59.6 Å². The number of fused-ring (bicyclic) bond motifs is 3. The Kier molecular flexibility index (Phi) is 4.12. The number of aromatic nitrogens is 1. The third kappa shape index (κ3) is 2.51. The first kappa shape index (κ1) is 18.2. The lowest BCUT2D eigenvalue weighted by Gasteiger charge is -2.40. The van der Waals surface area contributed by atoms with Crippen LogP contribution in [-0.2, 0) is 5.66 Å². The van der Waals surface area contributed by atoms with Crippen LogP contribution in [0.5, 0.6) is 0 Å². The van der Waals surface area contributed by atoms with Crippen LogP contribution in [0, 0.1) is 0 Å². The summed E-state index contributed by atoms with van der Waals surface area (Å²) in [6.07, 6.45) is 0. The van der Waals surface area contributed by atoms with Gasteiger partial charge in [-0.25, -0.2) is 4.98 Å². The lowest BCUT2D eigenvalue weighted by molar-refractivity contribution is 0.0371. The molecule has 3 heterocycles. The van der Waals surface area contributed by atoms with Gasteiger partial charge in [-0.2, -0.15) is 0 Å². The summed E-state index contributed by atoms with van der Waals surface area (Å²) in [4.78, 5) is 34.4. The van der Waals surface area contributed by atoms with Crippen LogP contribution in [0.2, 0.25) is 10.2 Å². The van der Waals surface area contributed by atoms with E-state index in [1.54, 1.807) is 46.2 Å². The van der Waals surface area contributed by atoms with Gasteiger partial charge in [0.05, 0.1) is 0 Å². The molecule has 0 saturated carbocycles. The maximum absolute atomic E-state index is 13.5. The highest BCUT2D eigenvalue weighted by molar-refractivity contribution is 6.30. The number of carbonyl (C=O) groups is 2. The highest BCUT2D eigenvalue weighted by atomic mass is 35.5. The van der Waals surface area contributed by atoms with Gasteiger partial charge < -0.3 is 9.80 Å². The molecule has 1 fully saturated rings. The summed E-state index contributed by atoms with van der Waals surface area (Å²) in [5, 5.41) is 0.831. The highest BCUT2D eigenvalue weighted by Crippen LogP contribution is 2.50. The van der Waals surface area contributed by atoms with Crippen molar-refractivity contribution in [2.75, 3.05) is 13.1 Å². The Labute approximate surface area is 177 Å². The molecule has 2 aromatic carbocycles. The predicted octanol–water partition coefficient (Wildman–Crippen LogP) is 4.20. The number of benzene rings is 2. The Morgan fingerprint density at radius 2 is 1.69 bits per heavy atom. The van der Waals surface area contributed by atoms with Gasteiger partial charge in [-0.15, -0.1) is 0 Å². The molecule has 0 spiro atoms. The molecule has 0 radical (unpaired) electrons. The third-order valence-electron chi connectivity index (χ3n) is 5.53. The topological polar surface area (TPSA) is 53.5 Å². The first-order chi connectivity index (χ1) is 14.0. The Morgan fingerprint density at radius 3 is 2.45 bits per heavy atom. The fraction of sp³-hybridized carbons (Fsp3) is 0.136. The van der Waals surface area contributed by atoms with Crippen molar-refractivity contribution in [1.29, 1.82) is 0 Å². The summed E-state index contributed by atoms with van der Waals surface area (Å²) >= 11 is 12.1. The monoisotopic (exact) mass is 423 g/mol. The second kappa shape index (κ2) is 6.58. The van der Waals surface area contributed by atoms with Crippen molar-refractivity contribution in [2.45, 2.75) is 5.66 Å². The number of rotatable bonds is 2. The van der Waals surface area contributed by atoms with Gasteiger partial charge in [-0.05, 0) is 30.3 Å². The number of nitrogens with zero attached hydrogens (tertiary/aromatic N) is 3. The molecule has 144 valence electrons. The number of hydrogen-bond donors (Lipinski definition) is 0. The number of amides is 2. The molecule has 3 aromatic rings. The van der Waals surface area contributed by atoms with Gasteiger partial charge in [0, 0.05) is 34.8 Å². The van der Waals surface area contributed by atoms with Gasteiger partial charge in [0.15, 0.2) is 5.66 Å². The normalized spacial score (nSPS) is 20.0. The van der Waals surface area contributed by atoms with E-state index in [0.717, 1.165) is 11.1 Å². The molecule has 2 aliphatic heterocycles. The molecule has 0 N–H and O–H groups in total. The molecule has 1 unspecified atom stereocenters. The van der Waals surface area contributed by atoms with Crippen molar-refractivity contribution in [3.8, 4) is 0 Å². The quantitative estimate of drug-likeness (QED) is 0.580. The maximum Gasteiger partial charge on any atom is 0.274 e. The Balaban J connectivity index is 1.75. The van der Waals surface area contributed by atoms with Gasteiger partial charge >= 0.3 is 0 Å². The minimum atomic E-state index is -1.04. The molecule has 2 amide bonds. The van der Waals surface area contributed by atoms with E-state index >= 15 is 0 Å². The molecule has 5 rings (SSSR count). The summed E-state index contributed by atoms with van der Waals surface area (Å²) in [7, 11) is 0. The van der Waals surface area contributed by atoms with Crippen LogP contribution in [-0.4, -0.2) is 39.7 Å². The Hall–Kier alpha value is -2.89. The summed E-state index contributed by atoms with van der Waals surface area (Å²) in [5.74, 6) is -0.376. The van der Waals surface area contributed by atoms with Crippen LogP contribution in [0.3, 0.4) is 0 Å². The van der Waals surface area contributed by atoms with Crippen molar-refractivity contribution < 1.29 is 9.59 Å². The molecule has 7 heteroatoms. The molecular weight excluding hydrogens is 409 g/mol. The van der Waals surface area contributed by atoms with Crippen LogP contribution in [0.1, 0.15) is 32.0 Å². The zero-order valence-electron chi connectivity index (χ0n) is 15.2. The zero-order valence-corrected chi connectivity index (χ0v) is 16.7. The van der Waals surface area contributed by atoms with E-state index in [0.29, 0.717) is 23.7 Å². The summed E-state index contributed by atoms with van der Waals surface area (Å²) < 4.78 is 0. The molecule has 2 aliphatic rings. The largest absolute Gasteiger partial charge is 0.306 e. The van der Waals surface area contributed by atoms with E-state index in [-0.39, 0.29) is 22.7 Å². The summed E-state index contributed by atoms with van der Waals surface area (Å²) in [5.41, 5.74) is 1.37. The van der Waals surface area contributed by atoms with Crippen molar-refractivity contribution in [1.82, 2.24) is 14.8 Å². The van der Waals surface area contributed by atoms with E-state index in [1.165, 1.54) is 0 Å². The average Bonchev–Trinajstić information content (AvgIpc) is 3.24. The summed E-state index contributed by atoms with van der Waals surface area (Å²) in [6, 6.07) is 19.6. The molecule has 1 aromatic heterocycles. The van der Waals surface area contributed by atoms with Crippen molar-refractivity contribution in [3.63, 3.8) is 0 Å². The van der Waals surface area contributed by atoms with Crippen LogP contribution >= 0.6 is 23.2 Å². The zero-order chi connectivity index (χ0) is 20.2. The van der Waals surface area contributed by atoms with Gasteiger partial charge in [-0.3, -0.25) is 9.59 Å². The lowest BCUT2D eigenvalue weighted by Crippen LogP contribution is -2.51. The Morgan fingerprint density at radius 1 is 0.931 bits per heavy atom. The standard InChI is InChI=1S/C22H15Cl2N3O2/c23-15-10-8-14(9-11-15)22-17-5-2-1-4-16(17)20(28)26(22)12-13-27(22)21(29)18-6-3-7-19(24)25-18/h1-11H,12-13H2. The predicted molar refractivity (Wildman–Crippen MR) is 110 cm³/mol. The van der Waals surface area contributed by atoms with Crippen LogP contribution < -0.4 is 0 Å². The molecule has 5 nitrogen and oxygen atoms in total. The fourth-order valence-electron chi connectivity index (χ4n) is 4.39. The average molecular weight is 424 g/mol. The number of pyridine rings is 1. The smallest absolute Gasteiger partial charge is 0.274 e. The number of halogens is 2. The van der Waals surface area contributed by atoms with Crippen molar-refractivity contribution in [3.05, 3.63) is 99.3 Å². The fourth-order valence-corrected chi connectivity index (χ4v) is 4.68. The lowest BCUT2D eigenvalue weighted by atomic mass is 9.89. The molecule has 0 bridgehead atoms. The second-order valence-corrected chi connectivity index (χ2v) is 7.81. The van der Waals surface area contributed by atoms with Crippen molar-refractivity contribution in [2.24, 2.45) is 0 Å². The third-order valence-corrected chi connectivity index (χ3v) is 6.00. The van der Waals surface area contributed by atoms with Crippen LogP contribution in [0.25, 0.3) is 0 Å². The van der Waals surface area contributed by atoms with Gasteiger partial charge in [0.2, 0.25) is 0 Å². The van der Waals surface area contributed by atoms with Gasteiger partial charge in [0.1, 0.15) is 10.8 Å². The molecular formula is C22H15Cl2N3O2. The first-order valence-corrected chi connectivity index (χ1v) is 9.91. The SMILES string of the molecule is O=C(c1cccc(Cl)n1)N1CCN2C(=O)c3ccccc3C12c1ccc(Cl)cc1. The molecule has 29 heavy (non-hydrogen) atoms. The molecule has 1 atom stereocenters. The molecule has 1 saturated heterocycles. The number of carbonyl (C=O) groups excluding carboxylic acids is 2. The minimum absolute atomic E-state index is 0.0927. The highest BCUT2D eigenvalue weighted by Gasteiger charge is 2.59. The van der Waals surface area contributed by atoms with E-state index in [1.807, 2.05) is 30.3 Å². The molecule has 0 aliphatic carbocycles.